The number of para-hydroxylation sites is 2. The Morgan fingerprint density at radius 1 is 0.600 bits per heavy atom. The van der Waals surface area contributed by atoms with E-state index in [4.69, 9.17) is 0 Å². The summed E-state index contributed by atoms with van der Waals surface area (Å²) < 4.78 is 0. The maximum Gasteiger partial charge on any atom is 0.0732 e. The molecule has 0 unspecified atom stereocenters. The quantitative estimate of drug-likeness (QED) is 0.271. The van der Waals surface area contributed by atoms with Crippen LogP contribution >= 0.6 is 0 Å². The van der Waals surface area contributed by atoms with Crippen LogP contribution in [0.3, 0.4) is 0 Å². The van der Waals surface area contributed by atoms with E-state index in [2.05, 4.69) is 122 Å². The molecule has 0 aliphatic heterocycles. The van der Waals surface area contributed by atoms with Gasteiger partial charge in [-0.1, -0.05) is 78.9 Å². The Morgan fingerprint density at radius 2 is 1.14 bits per heavy atom. The molecule has 2 N–H and O–H groups in total. The fraction of sp³-hybridized carbons (Fsp3) is 0.152. The Labute approximate surface area is 205 Å². The van der Waals surface area contributed by atoms with Gasteiger partial charge in [-0.05, 0) is 78.3 Å². The van der Waals surface area contributed by atoms with Crippen LogP contribution in [-0.2, 0) is 11.8 Å². The smallest absolute Gasteiger partial charge is 0.0732 e. The zero-order valence-electron chi connectivity index (χ0n) is 20.4. The Hall–Kier alpha value is -4.04. The van der Waals surface area contributed by atoms with E-state index in [1.54, 1.807) is 0 Å². The molecule has 2 nitrogen and oxygen atoms in total. The van der Waals surface area contributed by atoms with Crippen molar-refractivity contribution < 1.29 is 0 Å². The minimum absolute atomic E-state index is 0.375. The minimum atomic E-state index is -0.375. The average Bonchev–Trinajstić information content (AvgIpc) is 3.55. The monoisotopic (exact) mass is 452 g/mol. The van der Waals surface area contributed by atoms with Crippen molar-refractivity contribution in [3.05, 3.63) is 130 Å². The van der Waals surface area contributed by atoms with E-state index < -0.39 is 0 Å². The zero-order chi connectivity index (χ0) is 23.7. The summed E-state index contributed by atoms with van der Waals surface area (Å²) in [6.07, 6.45) is 0.968. The molecule has 2 heterocycles. The summed E-state index contributed by atoms with van der Waals surface area (Å²) in [7, 11) is 0. The molecular weight excluding hydrogens is 424 g/mol. The Kier molecular flexibility index (Phi) is 4.20. The highest BCUT2D eigenvalue weighted by molar-refractivity contribution is 5.89. The van der Waals surface area contributed by atoms with Crippen molar-refractivity contribution in [1.82, 2.24) is 9.97 Å². The second kappa shape index (κ2) is 7.23. The second-order valence-corrected chi connectivity index (χ2v) is 10.1. The van der Waals surface area contributed by atoms with Gasteiger partial charge in [0.1, 0.15) is 0 Å². The van der Waals surface area contributed by atoms with Gasteiger partial charge < -0.3 is 9.97 Å². The molecule has 0 amide bonds. The first-order valence-electron chi connectivity index (χ1n) is 12.4. The van der Waals surface area contributed by atoms with Gasteiger partial charge in [0, 0.05) is 33.2 Å². The molecular formula is C33H28N2. The van der Waals surface area contributed by atoms with Gasteiger partial charge in [-0.15, -0.1) is 0 Å². The first-order chi connectivity index (χ1) is 17.1. The fourth-order valence-corrected chi connectivity index (χ4v) is 6.58. The van der Waals surface area contributed by atoms with E-state index in [1.807, 2.05) is 0 Å². The van der Waals surface area contributed by atoms with Crippen molar-refractivity contribution in [1.29, 1.82) is 0 Å². The van der Waals surface area contributed by atoms with Crippen molar-refractivity contribution in [3.63, 3.8) is 0 Å². The van der Waals surface area contributed by atoms with Crippen molar-refractivity contribution in [3.8, 4) is 11.1 Å². The third-order valence-corrected chi connectivity index (χ3v) is 8.32. The molecule has 170 valence electrons. The van der Waals surface area contributed by atoms with Crippen molar-refractivity contribution in [2.24, 2.45) is 0 Å². The van der Waals surface area contributed by atoms with Gasteiger partial charge in [-0.25, -0.2) is 0 Å². The lowest BCUT2D eigenvalue weighted by Crippen LogP contribution is -2.29. The summed E-state index contributed by atoms with van der Waals surface area (Å²) in [5.41, 5.74) is 14.1. The summed E-state index contributed by atoms with van der Waals surface area (Å²) in [4.78, 5) is 7.73. The maximum atomic E-state index is 3.87. The molecule has 2 heteroatoms. The van der Waals surface area contributed by atoms with E-state index in [9.17, 15) is 0 Å². The van der Waals surface area contributed by atoms with Crippen molar-refractivity contribution >= 4 is 21.8 Å². The first-order valence-corrected chi connectivity index (χ1v) is 12.4. The maximum absolute atomic E-state index is 3.87. The van der Waals surface area contributed by atoms with Crippen LogP contribution in [0.15, 0.2) is 91.0 Å². The van der Waals surface area contributed by atoms with E-state index in [-0.39, 0.29) is 5.41 Å². The van der Waals surface area contributed by atoms with E-state index in [1.165, 1.54) is 72.1 Å². The molecule has 1 aliphatic carbocycles. The molecule has 0 radical (unpaired) electrons. The SMILES string of the molecule is Cc1c(C(C)(c2cccc3c2Cc2ccccc2-3)c2[nH]c3ccccc3c2C)[nH]c2ccccc12. The zero-order valence-corrected chi connectivity index (χ0v) is 20.4. The summed E-state index contributed by atoms with van der Waals surface area (Å²) in [6.45, 7) is 6.94. The van der Waals surface area contributed by atoms with Crippen LogP contribution in [0.2, 0.25) is 0 Å². The molecule has 4 aromatic carbocycles. The van der Waals surface area contributed by atoms with Crippen LogP contribution in [0.25, 0.3) is 32.9 Å². The van der Waals surface area contributed by atoms with Crippen molar-refractivity contribution in [2.45, 2.75) is 32.6 Å². The second-order valence-electron chi connectivity index (χ2n) is 10.1. The number of hydrogen-bond acceptors (Lipinski definition) is 0. The third kappa shape index (κ3) is 2.71. The lowest BCUT2D eigenvalue weighted by Gasteiger charge is -2.33. The van der Waals surface area contributed by atoms with Gasteiger partial charge in [0.15, 0.2) is 0 Å². The van der Waals surface area contributed by atoms with Crippen LogP contribution in [0.4, 0.5) is 0 Å². The lowest BCUT2D eigenvalue weighted by atomic mass is 9.71. The number of nitrogens with one attached hydrogen (secondary N) is 2. The molecule has 0 fully saturated rings. The number of H-pyrrole nitrogens is 2. The van der Waals surface area contributed by atoms with Crippen LogP contribution in [0.1, 0.15) is 46.1 Å². The molecule has 35 heavy (non-hydrogen) atoms. The molecule has 0 bridgehead atoms. The Morgan fingerprint density at radius 3 is 1.77 bits per heavy atom. The predicted octanol–water partition coefficient (Wildman–Crippen LogP) is 8.19. The number of aromatic nitrogens is 2. The molecule has 0 saturated heterocycles. The summed E-state index contributed by atoms with van der Waals surface area (Å²) in [5, 5.41) is 2.58. The Bertz CT molecular complexity index is 1680. The highest BCUT2D eigenvalue weighted by Crippen LogP contribution is 2.49. The normalized spacial score (nSPS) is 12.9. The number of aromatic amines is 2. The molecule has 0 saturated carbocycles. The van der Waals surface area contributed by atoms with Gasteiger partial charge in [-0.3, -0.25) is 0 Å². The number of rotatable bonds is 3. The van der Waals surface area contributed by atoms with Gasteiger partial charge in [0.25, 0.3) is 0 Å². The number of fused-ring (bicyclic) bond motifs is 5. The summed E-state index contributed by atoms with van der Waals surface area (Å²) in [6, 6.07) is 33.1. The topological polar surface area (TPSA) is 31.6 Å². The van der Waals surface area contributed by atoms with Crippen molar-refractivity contribution in [2.75, 3.05) is 0 Å². The van der Waals surface area contributed by atoms with Gasteiger partial charge in [0.05, 0.1) is 5.41 Å². The molecule has 6 aromatic rings. The van der Waals surface area contributed by atoms with E-state index in [0.717, 1.165) is 6.42 Å². The average molecular weight is 453 g/mol. The largest absolute Gasteiger partial charge is 0.357 e. The standard InChI is InChI=1S/C33H28N2/c1-20-23-12-6-8-17-29(23)34-31(20)33(3,32-21(2)24-13-7-9-18-30(24)35-32)28-16-10-15-26-25-14-5-4-11-22(25)19-27(26)28/h4-18,34-35H,19H2,1-3H3. The van der Waals surface area contributed by atoms with Crippen LogP contribution in [0.5, 0.6) is 0 Å². The fourth-order valence-electron chi connectivity index (χ4n) is 6.58. The number of benzene rings is 4. The lowest BCUT2D eigenvalue weighted by molar-refractivity contribution is 0.639. The number of hydrogen-bond donors (Lipinski definition) is 2. The predicted molar refractivity (Wildman–Crippen MR) is 146 cm³/mol. The third-order valence-electron chi connectivity index (χ3n) is 8.32. The van der Waals surface area contributed by atoms with E-state index >= 15 is 0 Å². The van der Waals surface area contributed by atoms with Crippen LogP contribution in [0, 0.1) is 13.8 Å². The van der Waals surface area contributed by atoms with Gasteiger partial charge >= 0.3 is 0 Å². The van der Waals surface area contributed by atoms with E-state index in [0.29, 0.717) is 0 Å². The molecule has 7 rings (SSSR count). The minimum Gasteiger partial charge on any atom is -0.357 e. The first kappa shape index (κ1) is 20.3. The molecule has 1 aliphatic rings. The van der Waals surface area contributed by atoms with Crippen LogP contribution in [-0.4, -0.2) is 9.97 Å². The highest BCUT2D eigenvalue weighted by atomic mass is 14.8. The summed E-state index contributed by atoms with van der Waals surface area (Å²) >= 11 is 0. The molecule has 0 atom stereocenters. The van der Waals surface area contributed by atoms with Gasteiger partial charge in [-0.2, -0.15) is 0 Å². The summed E-state index contributed by atoms with van der Waals surface area (Å²) in [5.74, 6) is 0. The molecule has 0 spiro atoms. The number of aryl methyl sites for hydroxylation is 2. The van der Waals surface area contributed by atoms with Crippen LogP contribution < -0.4 is 0 Å². The highest BCUT2D eigenvalue weighted by Gasteiger charge is 2.40. The molecule has 2 aromatic heterocycles. The van der Waals surface area contributed by atoms with Gasteiger partial charge in [0.2, 0.25) is 0 Å². The Balaban J connectivity index is 1.58.